The summed E-state index contributed by atoms with van der Waals surface area (Å²) in [7, 11) is 0. The lowest BCUT2D eigenvalue weighted by Crippen LogP contribution is -2.02. The molecule has 0 saturated heterocycles. The molecule has 0 atom stereocenters. The average Bonchev–Trinajstić information content (AvgIpc) is 2.36. The lowest BCUT2D eigenvalue weighted by molar-refractivity contribution is 0.322. The molecule has 0 spiro atoms. The molecule has 0 radical (unpaired) electrons. The molecule has 0 bridgehead atoms. The molecular formula is C14H14ClNO. The van der Waals surface area contributed by atoms with E-state index < -0.39 is 0 Å². The minimum Gasteiger partial charge on any atom is -0.492 e. The summed E-state index contributed by atoms with van der Waals surface area (Å²) in [6.07, 6.45) is 4.45. The van der Waals surface area contributed by atoms with Gasteiger partial charge in [0.15, 0.2) is 0 Å². The number of hydrogen-bond acceptors (Lipinski definition) is 2. The van der Waals surface area contributed by atoms with Crippen LogP contribution in [0.5, 0.6) is 5.75 Å². The van der Waals surface area contributed by atoms with Crippen LogP contribution < -0.4 is 4.74 Å². The molecule has 1 aromatic heterocycles. The molecule has 0 aliphatic carbocycles. The van der Waals surface area contributed by atoms with Gasteiger partial charge >= 0.3 is 0 Å². The van der Waals surface area contributed by atoms with Gasteiger partial charge in [-0.25, -0.2) is 0 Å². The van der Waals surface area contributed by atoms with Crippen LogP contribution in [0.2, 0.25) is 5.02 Å². The quantitative estimate of drug-likeness (QED) is 0.823. The molecule has 1 heterocycles. The second kappa shape index (κ2) is 5.69. The van der Waals surface area contributed by atoms with E-state index in [-0.39, 0.29) is 0 Å². The van der Waals surface area contributed by atoms with Crippen LogP contribution in [-0.2, 0) is 6.42 Å². The van der Waals surface area contributed by atoms with E-state index in [0.29, 0.717) is 11.6 Å². The maximum atomic E-state index is 6.14. The number of aryl methyl sites for hydroxylation is 1. The Morgan fingerprint density at radius 2 is 2.12 bits per heavy atom. The molecule has 17 heavy (non-hydrogen) atoms. The van der Waals surface area contributed by atoms with Crippen molar-refractivity contribution in [3.8, 4) is 5.75 Å². The summed E-state index contributed by atoms with van der Waals surface area (Å²) in [6, 6.07) is 9.76. The van der Waals surface area contributed by atoms with Crippen molar-refractivity contribution in [2.75, 3.05) is 6.61 Å². The summed E-state index contributed by atoms with van der Waals surface area (Å²) in [5.74, 6) is 0.746. The largest absolute Gasteiger partial charge is 0.492 e. The maximum Gasteiger partial charge on any atom is 0.138 e. The fourth-order valence-corrected chi connectivity index (χ4v) is 1.74. The van der Waals surface area contributed by atoms with Crippen LogP contribution in [0.4, 0.5) is 0 Å². The Morgan fingerprint density at radius 3 is 2.88 bits per heavy atom. The van der Waals surface area contributed by atoms with Gasteiger partial charge in [-0.2, -0.15) is 0 Å². The van der Waals surface area contributed by atoms with Crippen molar-refractivity contribution in [2.24, 2.45) is 0 Å². The van der Waals surface area contributed by atoms with E-state index in [0.717, 1.165) is 23.3 Å². The van der Waals surface area contributed by atoms with Crippen molar-refractivity contribution in [3.05, 3.63) is 58.9 Å². The first-order valence-electron chi connectivity index (χ1n) is 5.54. The number of pyridine rings is 1. The highest BCUT2D eigenvalue weighted by molar-refractivity contribution is 6.32. The standard InChI is InChI=1S/C14H14ClNO/c1-11-4-2-6-13(14(11)15)17-9-7-12-5-3-8-16-10-12/h2-6,8,10H,7,9H2,1H3. The molecule has 0 aliphatic rings. The van der Waals surface area contributed by atoms with Crippen molar-refractivity contribution in [3.63, 3.8) is 0 Å². The van der Waals surface area contributed by atoms with Crippen molar-refractivity contribution in [1.82, 2.24) is 4.98 Å². The predicted molar refractivity (Wildman–Crippen MR) is 69.6 cm³/mol. The molecule has 2 aromatic rings. The second-order valence-electron chi connectivity index (χ2n) is 3.85. The minimum absolute atomic E-state index is 0.606. The molecule has 0 amide bonds. The van der Waals surface area contributed by atoms with E-state index in [1.807, 2.05) is 43.5 Å². The number of ether oxygens (including phenoxy) is 1. The summed E-state index contributed by atoms with van der Waals surface area (Å²) >= 11 is 6.14. The highest BCUT2D eigenvalue weighted by atomic mass is 35.5. The molecule has 88 valence electrons. The first kappa shape index (κ1) is 11.9. The molecule has 0 saturated carbocycles. The van der Waals surface area contributed by atoms with Gasteiger partial charge in [-0.15, -0.1) is 0 Å². The Labute approximate surface area is 106 Å². The average molecular weight is 248 g/mol. The highest BCUT2D eigenvalue weighted by Crippen LogP contribution is 2.27. The van der Waals surface area contributed by atoms with Gasteiger partial charge in [-0.05, 0) is 30.2 Å². The van der Waals surface area contributed by atoms with Gasteiger partial charge in [-0.1, -0.05) is 29.8 Å². The number of hydrogen-bond donors (Lipinski definition) is 0. The third-order valence-corrected chi connectivity index (χ3v) is 3.01. The van der Waals surface area contributed by atoms with Crippen LogP contribution >= 0.6 is 11.6 Å². The molecule has 2 nitrogen and oxygen atoms in total. The van der Waals surface area contributed by atoms with Crippen LogP contribution in [0.15, 0.2) is 42.7 Å². The van der Waals surface area contributed by atoms with Gasteiger partial charge in [0, 0.05) is 18.8 Å². The Hall–Kier alpha value is -1.54. The van der Waals surface area contributed by atoms with E-state index in [1.165, 1.54) is 0 Å². The normalized spacial score (nSPS) is 10.2. The number of aromatic nitrogens is 1. The van der Waals surface area contributed by atoms with Gasteiger partial charge in [0.05, 0.1) is 11.6 Å². The van der Waals surface area contributed by atoms with Gasteiger partial charge < -0.3 is 4.74 Å². The van der Waals surface area contributed by atoms with Gasteiger partial charge in [0.25, 0.3) is 0 Å². The zero-order chi connectivity index (χ0) is 12.1. The van der Waals surface area contributed by atoms with Crippen molar-refractivity contribution < 1.29 is 4.74 Å². The summed E-state index contributed by atoms with van der Waals surface area (Å²) in [5.41, 5.74) is 2.20. The van der Waals surface area contributed by atoms with E-state index in [2.05, 4.69) is 4.98 Å². The smallest absolute Gasteiger partial charge is 0.138 e. The summed E-state index contributed by atoms with van der Waals surface area (Å²) in [5, 5.41) is 0.693. The fourth-order valence-electron chi connectivity index (χ4n) is 1.56. The maximum absolute atomic E-state index is 6.14. The topological polar surface area (TPSA) is 22.1 Å². The number of benzene rings is 1. The van der Waals surface area contributed by atoms with Crippen molar-refractivity contribution in [1.29, 1.82) is 0 Å². The number of rotatable bonds is 4. The molecule has 2 rings (SSSR count). The third-order valence-electron chi connectivity index (χ3n) is 2.53. The fraction of sp³-hybridized carbons (Fsp3) is 0.214. The van der Waals surface area contributed by atoms with Gasteiger partial charge in [0.2, 0.25) is 0 Å². The van der Waals surface area contributed by atoms with E-state index in [1.54, 1.807) is 6.20 Å². The molecule has 0 aliphatic heterocycles. The first-order valence-corrected chi connectivity index (χ1v) is 5.92. The molecule has 0 N–H and O–H groups in total. The Morgan fingerprint density at radius 1 is 1.24 bits per heavy atom. The van der Waals surface area contributed by atoms with Crippen LogP contribution in [0.25, 0.3) is 0 Å². The Bertz CT molecular complexity index is 485. The molecule has 0 unspecified atom stereocenters. The van der Waals surface area contributed by atoms with Crippen LogP contribution in [0.3, 0.4) is 0 Å². The Kier molecular flexibility index (Phi) is 3.99. The summed E-state index contributed by atoms with van der Waals surface area (Å²) < 4.78 is 5.66. The molecule has 3 heteroatoms. The van der Waals surface area contributed by atoms with Gasteiger partial charge in [0.1, 0.15) is 5.75 Å². The zero-order valence-corrected chi connectivity index (χ0v) is 10.4. The second-order valence-corrected chi connectivity index (χ2v) is 4.22. The minimum atomic E-state index is 0.606. The van der Waals surface area contributed by atoms with Crippen LogP contribution in [-0.4, -0.2) is 11.6 Å². The summed E-state index contributed by atoms with van der Waals surface area (Å²) in [4.78, 5) is 4.06. The predicted octanol–water partition coefficient (Wildman–Crippen LogP) is 3.66. The molecule has 0 fully saturated rings. The first-order chi connectivity index (χ1) is 8.27. The van der Waals surface area contributed by atoms with Crippen molar-refractivity contribution in [2.45, 2.75) is 13.3 Å². The van der Waals surface area contributed by atoms with Gasteiger partial charge in [-0.3, -0.25) is 4.98 Å². The Balaban J connectivity index is 1.93. The van der Waals surface area contributed by atoms with E-state index >= 15 is 0 Å². The number of nitrogens with zero attached hydrogens (tertiary/aromatic N) is 1. The van der Waals surface area contributed by atoms with Crippen LogP contribution in [0, 0.1) is 6.92 Å². The van der Waals surface area contributed by atoms with Crippen molar-refractivity contribution >= 4 is 11.6 Å². The monoisotopic (exact) mass is 247 g/mol. The number of halogens is 1. The third kappa shape index (κ3) is 3.21. The van der Waals surface area contributed by atoms with E-state index in [4.69, 9.17) is 16.3 Å². The molecule has 1 aromatic carbocycles. The lowest BCUT2D eigenvalue weighted by Gasteiger charge is -2.09. The molecular weight excluding hydrogens is 234 g/mol. The summed E-state index contributed by atoms with van der Waals surface area (Å²) in [6.45, 7) is 2.57. The zero-order valence-electron chi connectivity index (χ0n) is 9.69. The lowest BCUT2D eigenvalue weighted by atomic mass is 10.2. The SMILES string of the molecule is Cc1cccc(OCCc2cccnc2)c1Cl. The van der Waals surface area contributed by atoms with Crippen LogP contribution in [0.1, 0.15) is 11.1 Å². The highest BCUT2D eigenvalue weighted by Gasteiger charge is 2.03. The van der Waals surface area contributed by atoms with E-state index in [9.17, 15) is 0 Å².